The van der Waals surface area contributed by atoms with E-state index in [-0.39, 0.29) is 11.6 Å². The molecule has 0 aliphatic heterocycles. The second-order valence-electron chi connectivity index (χ2n) is 5.28. The average Bonchev–Trinajstić information content (AvgIpc) is 2.54. The molecule has 23 heavy (non-hydrogen) atoms. The number of aryl methyl sites for hydroxylation is 1. The minimum atomic E-state index is -0.490. The third kappa shape index (κ3) is 3.85. The quantitative estimate of drug-likeness (QED) is 0.627. The highest BCUT2D eigenvalue weighted by Crippen LogP contribution is 2.22. The molecule has 2 rings (SSSR count). The van der Waals surface area contributed by atoms with Crippen LogP contribution in [0.15, 0.2) is 42.5 Å². The van der Waals surface area contributed by atoms with Gasteiger partial charge < -0.3 is 9.64 Å². The summed E-state index contributed by atoms with van der Waals surface area (Å²) in [6.07, 6.45) is 0. The van der Waals surface area contributed by atoms with E-state index in [1.807, 2.05) is 25.1 Å². The predicted molar refractivity (Wildman–Crippen MR) is 86.6 cm³/mol. The summed E-state index contributed by atoms with van der Waals surface area (Å²) in [4.78, 5) is 24.1. The van der Waals surface area contributed by atoms with Gasteiger partial charge in [-0.25, -0.2) is 0 Å². The van der Waals surface area contributed by atoms with Crippen LogP contribution in [0.2, 0.25) is 0 Å². The summed E-state index contributed by atoms with van der Waals surface area (Å²) in [5, 5.41) is 10.7. The van der Waals surface area contributed by atoms with Gasteiger partial charge in [0.05, 0.1) is 12.0 Å². The normalized spacial score (nSPS) is 10.2. The Morgan fingerprint density at radius 1 is 1.22 bits per heavy atom. The van der Waals surface area contributed by atoms with E-state index in [1.165, 1.54) is 24.3 Å². The highest BCUT2D eigenvalue weighted by molar-refractivity contribution is 5.94. The van der Waals surface area contributed by atoms with Crippen LogP contribution >= 0.6 is 0 Å². The number of nitro benzene ring substituents is 1. The van der Waals surface area contributed by atoms with Crippen LogP contribution in [0.1, 0.15) is 21.5 Å². The minimum absolute atomic E-state index is 0.0374. The SMILES string of the molecule is COc1ccc(C)cc1CN(C)C(=O)c1ccc([N+](=O)[O-])cc1. The molecule has 0 atom stereocenters. The first-order chi connectivity index (χ1) is 10.9. The van der Waals surface area contributed by atoms with Crippen molar-refractivity contribution in [3.8, 4) is 5.75 Å². The number of carbonyl (C=O) groups is 1. The first-order valence-corrected chi connectivity index (χ1v) is 7.06. The molecule has 120 valence electrons. The van der Waals surface area contributed by atoms with Gasteiger partial charge >= 0.3 is 0 Å². The molecule has 0 saturated carbocycles. The molecule has 0 spiro atoms. The Morgan fingerprint density at radius 3 is 2.43 bits per heavy atom. The van der Waals surface area contributed by atoms with Crippen LogP contribution in [-0.2, 0) is 6.54 Å². The van der Waals surface area contributed by atoms with E-state index in [1.54, 1.807) is 19.1 Å². The van der Waals surface area contributed by atoms with Crippen LogP contribution in [0.3, 0.4) is 0 Å². The van der Waals surface area contributed by atoms with Gasteiger partial charge in [0.15, 0.2) is 0 Å². The summed E-state index contributed by atoms with van der Waals surface area (Å²) in [6.45, 7) is 2.36. The predicted octanol–water partition coefficient (Wildman–Crippen LogP) is 3.18. The van der Waals surface area contributed by atoms with Gasteiger partial charge in [-0.2, -0.15) is 0 Å². The molecule has 6 nitrogen and oxygen atoms in total. The van der Waals surface area contributed by atoms with Crippen molar-refractivity contribution < 1.29 is 14.5 Å². The van der Waals surface area contributed by atoms with Gasteiger partial charge in [0.2, 0.25) is 0 Å². The molecule has 6 heteroatoms. The number of hydrogen-bond donors (Lipinski definition) is 0. The molecule has 0 aromatic heterocycles. The Kier molecular flexibility index (Phi) is 4.95. The van der Waals surface area contributed by atoms with Crippen molar-refractivity contribution in [2.75, 3.05) is 14.2 Å². The van der Waals surface area contributed by atoms with Crippen LogP contribution < -0.4 is 4.74 Å². The fourth-order valence-electron chi connectivity index (χ4n) is 2.30. The standard InChI is InChI=1S/C17H18N2O4/c1-12-4-9-16(23-3)14(10-12)11-18(2)17(20)13-5-7-15(8-6-13)19(21)22/h4-10H,11H2,1-3H3. The highest BCUT2D eigenvalue weighted by atomic mass is 16.6. The molecule has 2 aromatic rings. The monoisotopic (exact) mass is 314 g/mol. The van der Waals surface area contributed by atoms with Crippen LogP contribution in [0.5, 0.6) is 5.75 Å². The first-order valence-electron chi connectivity index (χ1n) is 7.06. The zero-order valence-electron chi connectivity index (χ0n) is 13.3. The zero-order valence-corrected chi connectivity index (χ0v) is 13.3. The van der Waals surface area contributed by atoms with Crippen LogP contribution in [0.4, 0.5) is 5.69 Å². The number of hydrogen-bond acceptors (Lipinski definition) is 4. The maximum atomic E-state index is 12.4. The summed E-state index contributed by atoms with van der Waals surface area (Å²) in [5.41, 5.74) is 2.36. The molecule has 0 unspecified atom stereocenters. The first kappa shape index (κ1) is 16.5. The van der Waals surface area contributed by atoms with Crippen molar-refractivity contribution >= 4 is 11.6 Å². The maximum Gasteiger partial charge on any atom is 0.269 e. The lowest BCUT2D eigenvalue weighted by Crippen LogP contribution is -2.26. The van der Waals surface area contributed by atoms with Crippen molar-refractivity contribution in [1.29, 1.82) is 0 Å². The number of amides is 1. The lowest BCUT2D eigenvalue weighted by atomic mass is 10.1. The molecule has 0 radical (unpaired) electrons. The minimum Gasteiger partial charge on any atom is -0.496 e. The number of nitrogens with zero attached hydrogens (tertiary/aromatic N) is 2. The Hall–Kier alpha value is -2.89. The van der Waals surface area contributed by atoms with Gasteiger partial charge in [-0.05, 0) is 25.1 Å². The van der Waals surface area contributed by atoms with Gasteiger partial charge in [0.25, 0.3) is 11.6 Å². The van der Waals surface area contributed by atoms with E-state index in [0.717, 1.165) is 16.9 Å². The van der Waals surface area contributed by atoms with Crippen LogP contribution in [-0.4, -0.2) is 29.9 Å². The Morgan fingerprint density at radius 2 is 1.87 bits per heavy atom. The molecule has 0 N–H and O–H groups in total. The Bertz CT molecular complexity index is 726. The Labute approximate surface area is 134 Å². The molecule has 0 aliphatic rings. The molecule has 2 aromatic carbocycles. The largest absolute Gasteiger partial charge is 0.496 e. The van der Waals surface area contributed by atoms with Gasteiger partial charge in [-0.1, -0.05) is 17.7 Å². The number of benzene rings is 2. The van der Waals surface area contributed by atoms with Crippen molar-refractivity contribution in [3.63, 3.8) is 0 Å². The van der Waals surface area contributed by atoms with Crippen molar-refractivity contribution in [1.82, 2.24) is 4.90 Å². The van der Waals surface area contributed by atoms with E-state index in [4.69, 9.17) is 4.74 Å². The molecule has 0 saturated heterocycles. The average molecular weight is 314 g/mol. The topological polar surface area (TPSA) is 72.7 Å². The molecule has 1 amide bonds. The molecular formula is C17H18N2O4. The fourth-order valence-corrected chi connectivity index (χ4v) is 2.30. The number of methoxy groups -OCH3 is 1. The maximum absolute atomic E-state index is 12.4. The van der Waals surface area contributed by atoms with Gasteiger partial charge in [-0.3, -0.25) is 14.9 Å². The van der Waals surface area contributed by atoms with Gasteiger partial charge in [0.1, 0.15) is 5.75 Å². The number of carbonyl (C=O) groups excluding carboxylic acids is 1. The molecule has 0 heterocycles. The number of nitro groups is 1. The number of non-ortho nitro benzene ring substituents is 1. The van der Waals surface area contributed by atoms with Crippen LogP contribution in [0.25, 0.3) is 0 Å². The summed E-state index contributed by atoms with van der Waals surface area (Å²) in [7, 11) is 3.28. The lowest BCUT2D eigenvalue weighted by molar-refractivity contribution is -0.384. The van der Waals surface area contributed by atoms with Crippen molar-refractivity contribution in [3.05, 3.63) is 69.3 Å². The second kappa shape index (κ2) is 6.91. The van der Waals surface area contributed by atoms with E-state index in [0.29, 0.717) is 12.1 Å². The smallest absolute Gasteiger partial charge is 0.269 e. The number of rotatable bonds is 5. The van der Waals surface area contributed by atoms with E-state index in [2.05, 4.69) is 0 Å². The van der Waals surface area contributed by atoms with Gasteiger partial charge in [0, 0.05) is 36.9 Å². The summed E-state index contributed by atoms with van der Waals surface area (Å²) < 4.78 is 5.32. The van der Waals surface area contributed by atoms with Crippen molar-refractivity contribution in [2.45, 2.75) is 13.5 Å². The second-order valence-corrected chi connectivity index (χ2v) is 5.28. The molecule has 0 fully saturated rings. The third-order valence-corrected chi connectivity index (χ3v) is 3.52. The summed E-state index contributed by atoms with van der Waals surface area (Å²) in [5.74, 6) is 0.516. The van der Waals surface area contributed by atoms with E-state index < -0.39 is 4.92 Å². The van der Waals surface area contributed by atoms with E-state index in [9.17, 15) is 14.9 Å². The summed E-state index contributed by atoms with van der Waals surface area (Å²) in [6, 6.07) is 11.4. The third-order valence-electron chi connectivity index (χ3n) is 3.52. The van der Waals surface area contributed by atoms with Crippen molar-refractivity contribution in [2.24, 2.45) is 0 Å². The molecule has 0 aliphatic carbocycles. The lowest BCUT2D eigenvalue weighted by Gasteiger charge is -2.19. The fraction of sp³-hybridized carbons (Fsp3) is 0.235. The van der Waals surface area contributed by atoms with Gasteiger partial charge in [-0.15, -0.1) is 0 Å². The van der Waals surface area contributed by atoms with Crippen LogP contribution in [0, 0.1) is 17.0 Å². The van der Waals surface area contributed by atoms with E-state index >= 15 is 0 Å². The number of ether oxygens (including phenoxy) is 1. The Balaban J connectivity index is 2.17. The highest BCUT2D eigenvalue weighted by Gasteiger charge is 2.15. The molecule has 0 bridgehead atoms. The molecular weight excluding hydrogens is 296 g/mol. The summed E-state index contributed by atoms with van der Waals surface area (Å²) >= 11 is 0. The zero-order chi connectivity index (χ0) is 17.0.